The van der Waals surface area contributed by atoms with Gasteiger partial charge in [-0.25, -0.2) is 4.79 Å². The van der Waals surface area contributed by atoms with Crippen molar-refractivity contribution in [3.63, 3.8) is 0 Å². The second-order valence-corrected chi connectivity index (χ2v) is 2.23. The first-order valence-corrected chi connectivity index (χ1v) is 3.23. The van der Waals surface area contributed by atoms with Crippen molar-refractivity contribution in [2.24, 2.45) is 0 Å². The van der Waals surface area contributed by atoms with E-state index in [1.165, 1.54) is 6.07 Å². The van der Waals surface area contributed by atoms with Crippen LogP contribution in [0.5, 0.6) is 0 Å². The topological polar surface area (TPSA) is 76.2 Å². The van der Waals surface area contributed by atoms with Crippen molar-refractivity contribution >= 4 is 17.1 Å². The lowest BCUT2D eigenvalue weighted by Gasteiger charge is -1.90. The summed E-state index contributed by atoms with van der Waals surface area (Å²) < 4.78 is 4.68. The molecule has 1 N–H and O–H groups in total. The first-order chi connectivity index (χ1) is 5.79. The Kier molecular flexibility index (Phi) is 1.30. The fourth-order valence-corrected chi connectivity index (χ4v) is 0.977. The van der Waals surface area contributed by atoms with E-state index in [4.69, 9.17) is 5.11 Å². The molecule has 5 nitrogen and oxygen atoms in total. The third-order valence-electron chi connectivity index (χ3n) is 1.51. The summed E-state index contributed by atoms with van der Waals surface area (Å²) in [6, 6.07) is 4.65. The molecule has 60 valence electrons. The Hall–Kier alpha value is -1.91. The van der Waals surface area contributed by atoms with Gasteiger partial charge in [-0.15, -0.1) is 5.10 Å². The van der Waals surface area contributed by atoms with E-state index in [-0.39, 0.29) is 11.1 Å². The zero-order chi connectivity index (χ0) is 8.55. The van der Waals surface area contributed by atoms with E-state index in [0.717, 1.165) is 0 Å². The Balaban J connectivity index is 2.82. The molecule has 0 amide bonds. The van der Waals surface area contributed by atoms with E-state index in [0.29, 0.717) is 5.58 Å². The summed E-state index contributed by atoms with van der Waals surface area (Å²) in [5.41, 5.74) is 0.772. The number of carboxylic acids is 1. The smallest absolute Gasteiger partial charge is 0.338 e. The Morgan fingerprint density at radius 3 is 3.08 bits per heavy atom. The molecule has 1 heterocycles. The molecular formula is C7H4N2O3. The van der Waals surface area contributed by atoms with E-state index in [1.54, 1.807) is 12.1 Å². The maximum Gasteiger partial charge on any atom is 0.338 e. The van der Waals surface area contributed by atoms with Crippen molar-refractivity contribution in [3.8, 4) is 0 Å². The van der Waals surface area contributed by atoms with Crippen LogP contribution in [-0.4, -0.2) is 21.4 Å². The number of aromatic carboxylic acids is 1. The van der Waals surface area contributed by atoms with E-state index in [1.807, 2.05) is 0 Å². The number of hydrogen-bond donors (Lipinski definition) is 1. The van der Waals surface area contributed by atoms with E-state index >= 15 is 0 Å². The maximum atomic E-state index is 10.6. The number of hydrogen-bond acceptors (Lipinski definition) is 4. The largest absolute Gasteiger partial charge is 0.478 e. The highest BCUT2D eigenvalue weighted by Crippen LogP contribution is 2.14. The number of nitrogens with zero attached hydrogens (tertiary/aromatic N) is 2. The molecule has 1 aromatic heterocycles. The van der Waals surface area contributed by atoms with Gasteiger partial charge in [0, 0.05) is 5.27 Å². The lowest BCUT2D eigenvalue weighted by atomic mass is 10.2. The Morgan fingerprint density at radius 2 is 2.33 bits per heavy atom. The number of carbonyl (C=O) groups is 1. The quantitative estimate of drug-likeness (QED) is 0.678. The molecule has 0 radical (unpaired) electrons. The number of rotatable bonds is 1. The average Bonchev–Trinajstić information content (AvgIpc) is 2.49. The van der Waals surface area contributed by atoms with Crippen molar-refractivity contribution in [3.05, 3.63) is 23.8 Å². The highest BCUT2D eigenvalue weighted by Gasteiger charge is 2.11. The number of aromatic nitrogens is 2. The summed E-state index contributed by atoms with van der Waals surface area (Å²) in [7, 11) is 0. The van der Waals surface area contributed by atoms with E-state index < -0.39 is 5.97 Å². The molecule has 0 spiro atoms. The minimum atomic E-state index is -1.03. The Morgan fingerprint density at radius 1 is 1.50 bits per heavy atom. The average molecular weight is 164 g/mol. The summed E-state index contributed by atoms with van der Waals surface area (Å²) in [4.78, 5) is 10.6. The summed E-state index contributed by atoms with van der Waals surface area (Å²) in [5.74, 6) is -1.03. The molecule has 0 aliphatic rings. The van der Waals surface area contributed by atoms with Crippen LogP contribution in [0.15, 0.2) is 22.7 Å². The van der Waals surface area contributed by atoms with Crippen LogP contribution in [0.1, 0.15) is 10.4 Å². The fraction of sp³-hybridized carbons (Fsp3) is 0. The van der Waals surface area contributed by atoms with Gasteiger partial charge in [-0.1, -0.05) is 6.07 Å². The molecule has 0 aliphatic carbocycles. The van der Waals surface area contributed by atoms with Crippen LogP contribution in [-0.2, 0) is 0 Å². The third-order valence-corrected chi connectivity index (χ3v) is 1.51. The molecule has 0 fully saturated rings. The SMILES string of the molecule is O=C(O)c1cccc2onnc12. The highest BCUT2D eigenvalue weighted by molar-refractivity contribution is 5.99. The molecule has 0 atom stereocenters. The van der Waals surface area contributed by atoms with Gasteiger partial charge in [-0.05, 0) is 12.1 Å². The standard InChI is InChI=1S/C7H4N2O3/c10-7(11)4-2-1-3-5-6(4)8-9-12-5/h1-3H,(H,10,11). The molecule has 2 rings (SSSR count). The number of benzene rings is 1. The van der Waals surface area contributed by atoms with E-state index in [9.17, 15) is 4.79 Å². The van der Waals surface area contributed by atoms with Gasteiger partial charge < -0.3 is 9.63 Å². The van der Waals surface area contributed by atoms with E-state index in [2.05, 4.69) is 14.9 Å². The molecular weight excluding hydrogens is 160 g/mol. The Bertz CT molecular complexity index is 435. The predicted octanol–water partition coefficient (Wildman–Crippen LogP) is 0.921. The lowest BCUT2D eigenvalue weighted by Crippen LogP contribution is -1.96. The molecule has 5 heteroatoms. The van der Waals surface area contributed by atoms with Crippen molar-refractivity contribution < 1.29 is 14.4 Å². The first kappa shape index (κ1) is 6.78. The molecule has 0 bridgehead atoms. The van der Waals surface area contributed by atoms with Gasteiger partial charge in [0.2, 0.25) is 0 Å². The number of carboxylic acid groups (broad SMARTS) is 1. The zero-order valence-electron chi connectivity index (χ0n) is 5.89. The summed E-state index contributed by atoms with van der Waals surface area (Å²) in [5, 5.41) is 15.5. The molecule has 2 aromatic rings. The van der Waals surface area contributed by atoms with Crippen LogP contribution in [0.4, 0.5) is 0 Å². The van der Waals surface area contributed by atoms with Gasteiger partial charge in [-0.3, -0.25) is 0 Å². The van der Waals surface area contributed by atoms with Crippen LogP contribution in [0.3, 0.4) is 0 Å². The second kappa shape index (κ2) is 2.30. The summed E-state index contributed by atoms with van der Waals surface area (Å²) in [6.45, 7) is 0. The molecule has 0 saturated carbocycles. The van der Waals surface area contributed by atoms with Gasteiger partial charge >= 0.3 is 5.97 Å². The van der Waals surface area contributed by atoms with Crippen LogP contribution in [0.2, 0.25) is 0 Å². The van der Waals surface area contributed by atoms with Gasteiger partial charge in [0.05, 0.1) is 5.56 Å². The lowest BCUT2D eigenvalue weighted by molar-refractivity contribution is 0.0699. The Labute approximate surface area is 66.6 Å². The van der Waals surface area contributed by atoms with Crippen molar-refractivity contribution in [2.45, 2.75) is 0 Å². The first-order valence-electron chi connectivity index (χ1n) is 3.23. The molecule has 1 aromatic carbocycles. The van der Waals surface area contributed by atoms with Gasteiger partial charge in [-0.2, -0.15) is 0 Å². The molecule has 12 heavy (non-hydrogen) atoms. The van der Waals surface area contributed by atoms with Crippen molar-refractivity contribution in [1.82, 2.24) is 10.4 Å². The molecule has 0 unspecified atom stereocenters. The van der Waals surface area contributed by atoms with Crippen molar-refractivity contribution in [2.75, 3.05) is 0 Å². The third kappa shape index (κ3) is 0.833. The summed E-state index contributed by atoms with van der Waals surface area (Å²) in [6.07, 6.45) is 0. The highest BCUT2D eigenvalue weighted by atomic mass is 16.5. The minimum Gasteiger partial charge on any atom is -0.478 e. The fourth-order valence-electron chi connectivity index (χ4n) is 0.977. The minimum absolute atomic E-state index is 0.105. The molecule has 0 aliphatic heterocycles. The van der Waals surface area contributed by atoms with Crippen molar-refractivity contribution in [1.29, 1.82) is 0 Å². The summed E-state index contributed by atoms with van der Waals surface area (Å²) >= 11 is 0. The maximum absolute atomic E-state index is 10.6. The normalized spacial score (nSPS) is 10.3. The van der Waals surface area contributed by atoms with Gasteiger partial charge in [0.25, 0.3) is 0 Å². The number of fused-ring (bicyclic) bond motifs is 1. The van der Waals surface area contributed by atoms with Crippen LogP contribution in [0.25, 0.3) is 11.1 Å². The van der Waals surface area contributed by atoms with Crippen LogP contribution < -0.4 is 0 Å². The monoisotopic (exact) mass is 164 g/mol. The van der Waals surface area contributed by atoms with Gasteiger partial charge in [0.1, 0.15) is 5.52 Å². The van der Waals surface area contributed by atoms with Crippen LogP contribution >= 0.6 is 0 Å². The predicted molar refractivity (Wildman–Crippen MR) is 38.8 cm³/mol. The molecule has 0 saturated heterocycles. The second-order valence-electron chi connectivity index (χ2n) is 2.23. The zero-order valence-corrected chi connectivity index (χ0v) is 5.89. The van der Waals surface area contributed by atoms with Gasteiger partial charge in [0.15, 0.2) is 5.58 Å². The van der Waals surface area contributed by atoms with Crippen LogP contribution in [0, 0.1) is 0 Å².